The van der Waals surface area contributed by atoms with Gasteiger partial charge in [-0.05, 0) is 41.3 Å². The molecule has 6 heteroatoms. The maximum Gasteiger partial charge on any atom is 0.224 e. The van der Waals surface area contributed by atoms with Crippen molar-refractivity contribution < 1.29 is 9.53 Å². The molecule has 0 radical (unpaired) electrons. The number of ether oxygens (including phenoxy) is 1. The molecule has 2 aromatic rings. The van der Waals surface area contributed by atoms with Gasteiger partial charge in [-0.3, -0.25) is 4.79 Å². The maximum absolute atomic E-state index is 11.9. The predicted octanol–water partition coefficient (Wildman–Crippen LogP) is 2.29. The van der Waals surface area contributed by atoms with Crippen LogP contribution in [0.15, 0.2) is 29.1 Å². The molecule has 5 nitrogen and oxygen atoms in total. The Labute approximate surface area is 133 Å². The normalized spacial score (nSPS) is 18.1. The molecule has 0 bridgehead atoms. The van der Waals surface area contributed by atoms with Crippen LogP contribution < -0.4 is 5.32 Å². The first-order valence-electron chi connectivity index (χ1n) is 7.48. The summed E-state index contributed by atoms with van der Waals surface area (Å²) in [7, 11) is 0. The van der Waals surface area contributed by atoms with E-state index in [1.165, 1.54) is 0 Å². The zero-order valence-electron chi connectivity index (χ0n) is 12.3. The van der Waals surface area contributed by atoms with Crippen molar-refractivity contribution in [3.05, 3.63) is 46.2 Å². The molecule has 3 heterocycles. The minimum Gasteiger partial charge on any atom is -0.381 e. The first kappa shape index (κ1) is 15.1. The summed E-state index contributed by atoms with van der Waals surface area (Å²) in [5, 5.41) is 6.88. The van der Waals surface area contributed by atoms with Gasteiger partial charge in [-0.15, -0.1) is 0 Å². The second kappa shape index (κ2) is 7.47. The third-order valence-corrected chi connectivity index (χ3v) is 4.40. The third kappa shape index (κ3) is 4.11. The van der Waals surface area contributed by atoms with E-state index in [9.17, 15) is 4.79 Å². The van der Waals surface area contributed by atoms with E-state index in [0.717, 1.165) is 36.5 Å². The molecule has 1 aliphatic heterocycles. The second-order valence-electron chi connectivity index (χ2n) is 5.41. The molecular formula is C16H19N3O2S. The molecule has 0 aromatic carbocycles. The van der Waals surface area contributed by atoms with Gasteiger partial charge in [0, 0.05) is 18.7 Å². The lowest BCUT2D eigenvalue weighted by atomic mass is 10.0. The largest absolute Gasteiger partial charge is 0.381 e. The molecule has 0 spiro atoms. The number of thiophene rings is 1. The maximum atomic E-state index is 11.9. The van der Waals surface area contributed by atoms with Gasteiger partial charge in [-0.1, -0.05) is 0 Å². The number of hydrogen-bond donors (Lipinski definition) is 1. The Hall–Kier alpha value is -1.79. The zero-order valence-corrected chi connectivity index (χ0v) is 13.1. The van der Waals surface area contributed by atoms with Crippen molar-refractivity contribution in [3.63, 3.8) is 0 Å². The highest BCUT2D eigenvalue weighted by Crippen LogP contribution is 2.22. The Balaban J connectivity index is 1.54. The smallest absolute Gasteiger partial charge is 0.224 e. The van der Waals surface area contributed by atoms with Crippen LogP contribution in [-0.2, 0) is 22.5 Å². The Bertz CT molecular complexity index is 610. The van der Waals surface area contributed by atoms with Crippen LogP contribution in [0.2, 0.25) is 0 Å². The van der Waals surface area contributed by atoms with E-state index in [1.807, 2.05) is 22.9 Å². The average Bonchev–Trinajstić information content (AvgIpc) is 3.07. The van der Waals surface area contributed by atoms with Crippen LogP contribution in [0.1, 0.15) is 35.8 Å². The average molecular weight is 317 g/mol. The van der Waals surface area contributed by atoms with Gasteiger partial charge < -0.3 is 10.1 Å². The summed E-state index contributed by atoms with van der Waals surface area (Å²) < 4.78 is 5.48. The van der Waals surface area contributed by atoms with Crippen molar-refractivity contribution in [2.24, 2.45) is 0 Å². The van der Waals surface area contributed by atoms with Gasteiger partial charge >= 0.3 is 0 Å². The quantitative estimate of drug-likeness (QED) is 0.919. The Morgan fingerprint density at radius 1 is 1.45 bits per heavy atom. The van der Waals surface area contributed by atoms with Gasteiger partial charge in [-0.25, -0.2) is 9.97 Å². The van der Waals surface area contributed by atoms with E-state index < -0.39 is 0 Å². The molecule has 1 N–H and O–H groups in total. The first-order valence-corrected chi connectivity index (χ1v) is 8.43. The number of nitrogens with one attached hydrogen (secondary N) is 1. The van der Waals surface area contributed by atoms with Crippen molar-refractivity contribution in [2.75, 3.05) is 13.2 Å². The minimum absolute atomic E-state index is 0.0135. The predicted molar refractivity (Wildman–Crippen MR) is 84.7 cm³/mol. The highest BCUT2D eigenvalue weighted by molar-refractivity contribution is 7.07. The first-order chi connectivity index (χ1) is 10.8. The fraction of sp³-hybridized carbons (Fsp3) is 0.438. The van der Waals surface area contributed by atoms with Crippen LogP contribution in [0.3, 0.4) is 0 Å². The lowest BCUT2D eigenvalue weighted by Crippen LogP contribution is -2.25. The van der Waals surface area contributed by atoms with Crippen molar-refractivity contribution in [2.45, 2.75) is 31.7 Å². The highest BCUT2D eigenvalue weighted by atomic mass is 32.1. The van der Waals surface area contributed by atoms with Gasteiger partial charge in [-0.2, -0.15) is 11.3 Å². The summed E-state index contributed by atoms with van der Waals surface area (Å²) in [6.45, 7) is 1.95. The van der Waals surface area contributed by atoms with Crippen LogP contribution in [0.4, 0.5) is 0 Å². The van der Waals surface area contributed by atoms with E-state index >= 15 is 0 Å². The van der Waals surface area contributed by atoms with Crippen LogP contribution in [0.25, 0.3) is 0 Å². The summed E-state index contributed by atoms with van der Waals surface area (Å²) in [5.74, 6) is 1.11. The van der Waals surface area contributed by atoms with Crippen LogP contribution in [0, 0.1) is 0 Å². The topological polar surface area (TPSA) is 64.1 Å². The summed E-state index contributed by atoms with van der Waals surface area (Å²) in [6.07, 6.45) is 4.29. The fourth-order valence-corrected chi connectivity index (χ4v) is 3.15. The summed E-state index contributed by atoms with van der Waals surface area (Å²) >= 11 is 1.60. The van der Waals surface area contributed by atoms with Crippen LogP contribution in [-0.4, -0.2) is 29.1 Å². The van der Waals surface area contributed by atoms with E-state index in [0.29, 0.717) is 19.6 Å². The van der Waals surface area contributed by atoms with E-state index in [1.54, 1.807) is 17.5 Å². The number of carbonyl (C=O) groups excluding carboxylic acids is 1. The molecule has 1 amide bonds. The molecule has 1 atom stereocenters. The molecule has 1 aliphatic rings. The molecule has 1 saturated heterocycles. The lowest BCUT2D eigenvalue weighted by Gasteiger charge is -2.20. The number of nitrogens with zero attached hydrogens (tertiary/aromatic N) is 2. The molecule has 0 aliphatic carbocycles. The molecule has 0 saturated carbocycles. The highest BCUT2D eigenvalue weighted by Gasteiger charge is 2.18. The van der Waals surface area contributed by atoms with Crippen molar-refractivity contribution in [1.29, 1.82) is 0 Å². The van der Waals surface area contributed by atoms with Gasteiger partial charge in [0.15, 0.2) is 0 Å². The van der Waals surface area contributed by atoms with Gasteiger partial charge in [0.05, 0.1) is 25.3 Å². The Morgan fingerprint density at radius 3 is 3.18 bits per heavy atom. The van der Waals surface area contributed by atoms with Crippen molar-refractivity contribution >= 4 is 17.2 Å². The van der Waals surface area contributed by atoms with Gasteiger partial charge in [0.2, 0.25) is 5.91 Å². The van der Waals surface area contributed by atoms with Gasteiger partial charge in [0.1, 0.15) is 5.82 Å². The molecule has 3 rings (SSSR count). The molecule has 0 unspecified atom stereocenters. The van der Waals surface area contributed by atoms with E-state index in [2.05, 4.69) is 15.3 Å². The van der Waals surface area contributed by atoms with E-state index in [-0.39, 0.29) is 11.8 Å². The summed E-state index contributed by atoms with van der Waals surface area (Å²) in [6, 6.07) is 3.81. The lowest BCUT2D eigenvalue weighted by molar-refractivity contribution is -0.120. The summed E-state index contributed by atoms with van der Waals surface area (Å²) in [5.41, 5.74) is 1.89. The van der Waals surface area contributed by atoms with Crippen molar-refractivity contribution in [1.82, 2.24) is 15.3 Å². The molecular weight excluding hydrogens is 298 g/mol. The van der Waals surface area contributed by atoms with E-state index in [4.69, 9.17) is 4.74 Å². The SMILES string of the molecule is O=C(Cc1ccsc1)NCc1ccnc([C@@H]2CCCOC2)n1. The Morgan fingerprint density at radius 2 is 2.41 bits per heavy atom. The van der Waals surface area contributed by atoms with Gasteiger partial charge in [0.25, 0.3) is 0 Å². The molecule has 2 aromatic heterocycles. The monoisotopic (exact) mass is 317 g/mol. The number of hydrogen-bond acceptors (Lipinski definition) is 5. The standard InChI is InChI=1S/C16H19N3O2S/c20-15(8-12-4-7-22-11-12)18-9-14-3-5-17-16(19-14)13-2-1-6-21-10-13/h3-5,7,11,13H,1-2,6,8-10H2,(H,18,20)/t13-/m1/s1. The van der Waals surface area contributed by atoms with Crippen LogP contribution >= 0.6 is 11.3 Å². The second-order valence-corrected chi connectivity index (χ2v) is 6.19. The summed E-state index contributed by atoms with van der Waals surface area (Å²) in [4.78, 5) is 20.8. The molecule has 1 fully saturated rings. The number of rotatable bonds is 5. The fourth-order valence-electron chi connectivity index (χ4n) is 2.48. The molecule has 116 valence electrons. The zero-order chi connectivity index (χ0) is 15.2. The third-order valence-electron chi connectivity index (χ3n) is 3.67. The number of aromatic nitrogens is 2. The number of carbonyl (C=O) groups is 1. The number of amides is 1. The van der Waals surface area contributed by atoms with Crippen LogP contribution in [0.5, 0.6) is 0 Å². The minimum atomic E-state index is 0.0135. The molecule has 22 heavy (non-hydrogen) atoms. The Kier molecular flexibility index (Phi) is 5.13. The van der Waals surface area contributed by atoms with Crippen molar-refractivity contribution in [3.8, 4) is 0 Å².